The minimum Gasteiger partial charge on any atom is -0.368 e. The Balaban J connectivity index is 1.83. The van der Waals surface area contributed by atoms with Gasteiger partial charge in [-0.25, -0.2) is 0 Å². The number of hydrogen-bond acceptors (Lipinski definition) is 7. The number of nitrogens with one attached hydrogen (secondary N) is 2. The first-order chi connectivity index (χ1) is 9.69. The van der Waals surface area contributed by atoms with Crippen molar-refractivity contribution in [3.05, 3.63) is 29.5 Å². The summed E-state index contributed by atoms with van der Waals surface area (Å²) in [6.45, 7) is 4.77. The van der Waals surface area contributed by atoms with E-state index >= 15 is 0 Å². The van der Waals surface area contributed by atoms with Crippen molar-refractivity contribution in [1.29, 1.82) is 0 Å². The van der Waals surface area contributed by atoms with Gasteiger partial charge in [-0.05, 0) is 26.0 Å². The number of anilines is 1. The van der Waals surface area contributed by atoms with Crippen LogP contribution in [0.2, 0.25) is 0 Å². The van der Waals surface area contributed by atoms with Crippen molar-refractivity contribution >= 4 is 11.7 Å². The van der Waals surface area contributed by atoms with Crippen LogP contribution in [-0.2, 0) is 6.42 Å². The molecule has 0 spiro atoms. The maximum atomic E-state index is 11.5. The van der Waals surface area contributed by atoms with Crippen LogP contribution in [0.15, 0.2) is 16.7 Å². The molecule has 2 aromatic rings. The predicted octanol–water partition coefficient (Wildman–Crippen LogP) is 0.572. The fourth-order valence-electron chi connectivity index (χ4n) is 1.54. The lowest BCUT2D eigenvalue weighted by atomic mass is 10.3. The first-order valence-electron chi connectivity index (χ1n) is 6.34. The van der Waals surface area contributed by atoms with Crippen molar-refractivity contribution in [1.82, 2.24) is 25.7 Å². The van der Waals surface area contributed by atoms with Gasteiger partial charge in [-0.1, -0.05) is 5.16 Å². The van der Waals surface area contributed by atoms with Crippen molar-refractivity contribution in [2.75, 3.05) is 18.4 Å². The molecule has 8 heteroatoms. The van der Waals surface area contributed by atoms with Crippen LogP contribution in [0.25, 0.3) is 0 Å². The van der Waals surface area contributed by atoms with E-state index in [-0.39, 0.29) is 5.91 Å². The second kappa shape index (κ2) is 6.60. The van der Waals surface area contributed by atoms with E-state index in [1.54, 1.807) is 19.1 Å². The van der Waals surface area contributed by atoms with Gasteiger partial charge in [0, 0.05) is 19.5 Å². The van der Waals surface area contributed by atoms with Gasteiger partial charge in [0.2, 0.25) is 5.89 Å². The maximum Gasteiger partial charge on any atom is 0.271 e. The second-order valence-electron chi connectivity index (χ2n) is 4.08. The normalized spacial score (nSPS) is 10.3. The SMILES string of the molecule is CCNC(=O)c1ccc(NCCc2nc(C)no2)nn1. The molecule has 1 amide bonds. The van der Waals surface area contributed by atoms with Crippen molar-refractivity contribution in [2.45, 2.75) is 20.3 Å². The van der Waals surface area contributed by atoms with Gasteiger partial charge in [-0.15, -0.1) is 10.2 Å². The summed E-state index contributed by atoms with van der Waals surface area (Å²) < 4.78 is 4.99. The maximum absolute atomic E-state index is 11.5. The van der Waals surface area contributed by atoms with E-state index in [2.05, 4.69) is 31.0 Å². The molecule has 0 bridgehead atoms. The first kappa shape index (κ1) is 13.9. The highest BCUT2D eigenvalue weighted by Gasteiger charge is 2.07. The molecule has 0 fully saturated rings. The molecule has 0 saturated carbocycles. The van der Waals surface area contributed by atoms with Crippen LogP contribution in [0.4, 0.5) is 5.82 Å². The van der Waals surface area contributed by atoms with Crippen LogP contribution in [0, 0.1) is 6.92 Å². The van der Waals surface area contributed by atoms with Crippen molar-refractivity contribution in [3.8, 4) is 0 Å². The molecule has 106 valence electrons. The predicted molar refractivity (Wildman–Crippen MR) is 71.3 cm³/mol. The van der Waals surface area contributed by atoms with Crippen LogP contribution >= 0.6 is 0 Å². The molecule has 0 atom stereocenters. The van der Waals surface area contributed by atoms with E-state index < -0.39 is 0 Å². The lowest BCUT2D eigenvalue weighted by Crippen LogP contribution is -2.24. The lowest BCUT2D eigenvalue weighted by Gasteiger charge is -2.04. The zero-order valence-corrected chi connectivity index (χ0v) is 11.4. The number of rotatable bonds is 6. The van der Waals surface area contributed by atoms with Crippen LogP contribution in [0.1, 0.15) is 29.1 Å². The van der Waals surface area contributed by atoms with Gasteiger partial charge in [-0.2, -0.15) is 4.98 Å². The summed E-state index contributed by atoms with van der Waals surface area (Å²) >= 11 is 0. The third kappa shape index (κ3) is 3.74. The summed E-state index contributed by atoms with van der Waals surface area (Å²) in [5, 5.41) is 17.2. The molecule has 0 unspecified atom stereocenters. The molecule has 0 aliphatic rings. The number of aryl methyl sites for hydroxylation is 1. The molecule has 2 rings (SSSR count). The highest BCUT2D eigenvalue weighted by Crippen LogP contribution is 2.03. The highest BCUT2D eigenvalue weighted by molar-refractivity contribution is 5.92. The summed E-state index contributed by atoms with van der Waals surface area (Å²) in [6, 6.07) is 3.33. The Kier molecular flexibility index (Phi) is 4.59. The Labute approximate surface area is 116 Å². The Morgan fingerprint density at radius 3 is 2.80 bits per heavy atom. The molecule has 2 N–H and O–H groups in total. The van der Waals surface area contributed by atoms with E-state index in [0.29, 0.717) is 42.7 Å². The second-order valence-corrected chi connectivity index (χ2v) is 4.08. The van der Waals surface area contributed by atoms with E-state index in [1.807, 2.05) is 6.92 Å². The molecule has 2 heterocycles. The fraction of sp³-hybridized carbons (Fsp3) is 0.417. The number of carbonyl (C=O) groups excluding carboxylic acids is 1. The zero-order valence-electron chi connectivity index (χ0n) is 11.4. The Bertz CT molecular complexity index is 566. The highest BCUT2D eigenvalue weighted by atomic mass is 16.5. The fourth-order valence-corrected chi connectivity index (χ4v) is 1.54. The molecular weight excluding hydrogens is 260 g/mol. The molecule has 20 heavy (non-hydrogen) atoms. The van der Waals surface area contributed by atoms with Crippen LogP contribution < -0.4 is 10.6 Å². The average Bonchev–Trinajstić information content (AvgIpc) is 2.85. The lowest BCUT2D eigenvalue weighted by molar-refractivity contribution is 0.0950. The van der Waals surface area contributed by atoms with Crippen molar-refractivity contribution in [3.63, 3.8) is 0 Å². The quantitative estimate of drug-likeness (QED) is 0.794. The van der Waals surface area contributed by atoms with Gasteiger partial charge in [0.05, 0.1) is 0 Å². The van der Waals surface area contributed by atoms with Crippen molar-refractivity contribution < 1.29 is 9.32 Å². The number of aromatic nitrogens is 4. The molecule has 0 aromatic carbocycles. The molecule has 0 saturated heterocycles. The van der Waals surface area contributed by atoms with E-state index in [1.165, 1.54) is 0 Å². The van der Waals surface area contributed by atoms with E-state index in [4.69, 9.17) is 4.52 Å². The van der Waals surface area contributed by atoms with Crippen LogP contribution in [0.5, 0.6) is 0 Å². The van der Waals surface area contributed by atoms with Gasteiger partial charge in [-0.3, -0.25) is 4.79 Å². The van der Waals surface area contributed by atoms with E-state index in [9.17, 15) is 4.79 Å². The molecule has 0 aliphatic heterocycles. The minimum atomic E-state index is -0.229. The van der Waals surface area contributed by atoms with E-state index in [0.717, 1.165) is 0 Å². The third-order valence-corrected chi connectivity index (χ3v) is 2.45. The first-order valence-corrected chi connectivity index (χ1v) is 6.34. The molecule has 2 aromatic heterocycles. The number of nitrogens with zero attached hydrogens (tertiary/aromatic N) is 4. The van der Waals surface area contributed by atoms with Gasteiger partial charge < -0.3 is 15.2 Å². The summed E-state index contributed by atoms with van der Waals surface area (Å²) in [7, 11) is 0. The van der Waals surface area contributed by atoms with Gasteiger partial charge in [0.25, 0.3) is 5.91 Å². The largest absolute Gasteiger partial charge is 0.368 e. The number of carbonyl (C=O) groups is 1. The molecular formula is C12H16N6O2. The smallest absolute Gasteiger partial charge is 0.271 e. The van der Waals surface area contributed by atoms with Gasteiger partial charge in [0.15, 0.2) is 11.5 Å². The molecule has 0 aliphatic carbocycles. The summed E-state index contributed by atoms with van der Waals surface area (Å²) in [5.41, 5.74) is 0.296. The Morgan fingerprint density at radius 1 is 1.35 bits per heavy atom. The van der Waals surface area contributed by atoms with Gasteiger partial charge in [0.1, 0.15) is 5.82 Å². The molecule has 8 nitrogen and oxygen atoms in total. The van der Waals surface area contributed by atoms with Crippen molar-refractivity contribution in [2.24, 2.45) is 0 Å². The third-order valence-electron chi connectivity index (χ3n) is 2.45. The topological polar surface area (TPSA) is 106 Å². The zero-order chi connectivity index (χ0) is 14.4. The Morgan fingerprint density at radius 2 is 2.20 bits per heavy atom. The standard InChI is InChI=1S/C12H16N6O2/c1-3-13-12(19)9-4-5-10(17-16-9)14-7-6-11-15-8(2)18-20-11/h4-5H,3,6-7H2,1-2H3,(H,13,19)(H,14,17). The summed E-state index contributed by atoms with van der Waals surface area (Å²) in [6.07, 6.45) is 0.598. The number of amides is 1. The Hall–Kier alpha value is -2.51. The monoisotopic (exact) mass is 276 g/mol. The summed E-state index contributed by atoms with van der Waals surface area (Å²) in [4.78, 5) is 15.6. The van der Waals surface area contributed by atoms with Crippen LogP contribution in [-0.4, -0.2) is 39.3 Å². The number of hydrogen-bond donors (Lipinski definition) is 2. The van der Waals surface area contributed by atoms with Crippen LogP contribution in [0.3, 0.4) is 0 Å². The average molecular weight is 276 g/mol. The summed E-state index contributed by atoms with van der Waals surface area (Å²) in [5.74, 6) is 1.55. The molecule has 0 radical (unpaired) electrons. The minimum absolute atomic E-state index is 0.229. The van der Waals surface area contributed by atoms with Gasteiger partial charge >= 0.3 is 0 Å².